The van der Waals surface area contributed by atoms with E-state index in [9.17, 15) is 4.79 Å². The van der Waals surface area contributed by atoms with Crippen LogP contribution in [0.4, 0.5) is 0 Å². The molecular weight excluding hydrogens is 382 g/mol. The first-order valence-electron chi connectivity index (χ1n) is 10.3. The highest BCUT2D eigenvalue weighted by Crippen LogP contribution is 2.23. The van der Waals surface area contributed by atoms with Gasteiger partial charge in [-0.05, 0) is 87.2 Å². The van der Waals surface area contributed by atoms with E-state index in [1.165, 1.54) is 32.4 Å². The fourth-order valence-electron chi connectivity index (χ4n) is 3.89. The van der Waals surface area contributed by atoms with Gasteiger partial charge >= 0.3 is 0 Å². The van der Waals surface area contributed by atoms with E-state index in [0.29, 0.717) is 6.61 Å². The Balaban J connectivity index is 0.00000300. The Morgan fingerprint density at radius 2 is 1.66 bits per heavy atom. The maximum Gasteiger partial charge on any atom is 0.186 e. The summed E-state index contributed by atoms with van der Waals surface area (Å²) in [7, 11) is 0. The zero-order valence-corrected chi connectivity index (χ0v) is 18.6. The second-order valence-corrected chi connectivity index (χ2v) is 7.74. The van der Waals surface area contributed by atoms with Crippen LogP contribution in [0.25, 0.3) is 6.08 Å². The Labute approximate surface area is 181 Å². The monoisotopic (exact) mass is 413 g/mol. The van der Waals surface area contributed by atoms with Crippen LogP contribution in [0.15, 0.2) is 42.5 Å². The van der Waals surface area contributed by atoms with E-state index in [-0.39, 0.29) is 18.2 Å². The number of rotatable bonds is 7. The van der Waals surface area contributed by atoms with E-state index in [4.69, 9.17) is 4.74 Å². The lowest BCUT2D eigenvalue weighted by Crippen LogP contribution is -2.33. The van der Waals surface area contributed by atoms with E-state index < -0.39 is 0 Å². The third-order valence-electron chi connectivity index (χ3n) is 5.48. The minimum absolute atomic E-state index is 0. The van der Waals surface area contributed by atoms with Crippen LogP contribution in [-0.2, 0) is 0 Å². The molecule has 0 spiro atoms. The molecule has 1 heterocycles. The maximum atomic E-state index is 12.8. The van der Waals surface area contributed by atoms with Crippen LogP contribution in [0.3, 0.4) is 0 Å². The third kappa shape index (κ3) is 6.45. The van der Waals surface area contributed by atoms with Crippen LogP contribution in [0.1, 0.15) is 51.9 Å². The number of piperidine rings is 1. The highest BCUT2D eigenvalue weighted by molar-refractivity contribution is 6.08. The molecule has 29 heavy (non-hydrogen) atoms. The second kappa shape index (κ2) is 11.2. The van der Waals surface area contributed by atoms with E-state index in [2.05, 4.69) is 17.9 Å². The van der Waals surface area contributed by atoms with E-state index in [1.807, 2.05) is 50.3 Å². The summed E-state index contributed by atoms with van der Waals surface area (Å²) in [5.41, 5.74) is 4.94. The van der Waals surface area contributed by atoms with Gasteiger partial charge in [0.05, 0.1) is 0 Å². The number of nitrogens with zero attached hydrogens (tertiary/aromatic N) is 1. The van der Waals surface area contributed by atoms with Crippen LogP contribution in [0.5, 0.6) is 5.75 Å². The molecule has 1 fully saturated rings. The van der Waals surface area contributed by atoms with Gasteiger partial charge in [-0.1, -0.05) is 36.8 Å². The normalized spacial score (nSPS) is 14.6. The number of hydrogen-bond donors (Lipinski definition) is 0. The zero-order valence-electron chi connectivity index (χ0n) is 17.7. The number of ketones is 1. The highest BCUT2D eigenvalue weighted by Gasteiger charge is 2.13. The molecule has 3 nitrogen and oxygen atoms in total. The molecular formula is C25H32ClNO2. The molecule has 1 aliphatic rings. The van der Waals surface area contributed by atoms with Gasteiger partial charge in [-0.25, -0.2) is 0 Å². The first kappa shape index (κ1) is 23.2. The quantitative estimate of drug-likeness (QED) is 0.424. The van der Waals surface area contributed by atoms with Crippen molar-refractivity contribution in [2.24, 2.45) is 0 Å². The molecule has 2 aromatic carbocycles. The van der Waals surface area contributed by atoms with Gasteiger partial charge in [-0.3, -0.25) is 9.69 Å². The fourth-order valence-corrected chi connectivity index (χ4v) is 3.89. The summed E-state index contributed by atoms with van der Waals surface area (Å²) in [5, 5.41) is 0. The number of carbonyl (C=O) groups excluding carboxylic acids is 1. The van der Waals surface area contributed by atoms with Crippen molar-refractivity contribution in [2.45, 2.75) is 40.0 Å². The number of halogens is 1. The van der Waals surface area contributed by atoms with Crippen molar-refractivity contribution in [1.82, 2.24) is 4.90 Å². The van der Waals surface area contributed by atoms with E-state index in [1.54, 1.807) is 6.08 Å². The highest BCUT2D eigenvalue weighted by atomic mass is 35.5. The molecule has 156 valence electrons. The fraction of sp³-hybridized carbons (Fsp3) is 0.400. The van der Waals surface area contributed by atoms with Crippen LogP contribution in [0.2, 0.25) is 0 Å². The smallest absolute Gasteiger partial charge is 0.186 e. The Kier molecular flexibility index (Phi) is 8.94. The number of ether oxygens (including phenoxy) is 1. The van der Waals surface area contributed by atoms with Gasteiger partial charge in [0, 0.05) is 12.1 Å². The lowest BCUT2D eigenvalue weighted by molar-refractivity contribution is 0.104. The number of likely N-dealkylation sites (tertiary alicyclic amines) is 1. The van der Waals surface area contributed by atoms with Crippen LogP contribution >= 0.6 is 12.4 Å². The second-order valence-electron chi connectivity index (χ2n) is 7.74. The Morgan fingerprint density at radius 1 is 1.00 bits per heavy atom. The lowest BCUT2D eigenvalue weighted by atomic mass is 9.97. The third-order valence-corrected chi connectivity index (χ3v) is 5.48. The SMILES string of the molecule is Cc1ccccc1/C=C/C(=O)c1c(C)cc(OCCN2CCCCC2)cc1C.Cl. The molecule has 0 unspecified atom stereocenters. The molecule has 1 saturated heterocycles. The number of hydrogen-bond acceptors (Lipinski definition) is 3. The summed E-state index contributed by atoms with van der Waals surface area (Å²) in [6, 6.07) is 12.0. The van der Waals surface area contributed by atoms with Crippen molar-refractivity contribution in [1.29, 1.82) is 0 Å². The lowest BCUT2D eigenvalue weighted by Gasteiger charge is -2.26. The van der Waals surface area contributed by atoms with Gasteiger partial charge in [-0.15, -0.1) is 12.4 Å². The molecule has 0 amide bonds. The van der Waals surface area contributed by atoms with Gasteiger partial charge in [0.15, 0.2) is 5.78 Å². The molecule has 0 aliphatic carbocycles. The minimum Gasteiger partial charge on any atom is -0.492 e. The van der Waals surface area contributed by atoms with Crippen molar-refractivity contribution in [3.63, 3.8) is 0 Å². The molecule has 0 aromatic heterocycles. The van der Waals surface area contributed by atoms with E-state index >= 15 is 0 Å². The van der Waals surface area contributed by atoms with Crippen molar-refractivity contribution in [3.05, 3.63) is 70.3 Å². The van der Waals surface area contributed by atoms with Crippen molar-refractivity contribution < 1.29 is 9.53 Å². The number of allylic oxidation sites excluding steroid dienone is 1. The minimum atomic E-state index is 0. The Morgan fingerprint density at radius 3 is 2.31 bits per heavy atom. The standard InChI is InChI=1S/C25H31NO2.ClH/c1-19-9-5-6-10-22(19)11-12-24(27)25-20(2)17-23(18-21(25)3)28-16-15-26-13-7-4-8-14-26;/h5-6,9-12,17-18H,4,7-8,13-16H2,1-3H3;1H/b12-11+;. The molecule has 0 atom stereocenters. The Bertz CT molecular complexity index is 831. The van der Waals surface area contributed by atoms with Gasteiger partial charge in [0.25, 0.3) is 0 Å². The largest absolute Gasteiger partial charge is 0.492 e. The average molecular weight is 414 g/mol. The van der Waals surface area contributed by atoms with Gasteiger partial charge < -0.3 is 4.74 Å². The molecule has 0 radical (unpaired) electrons. The van der Waals surface area contributed by atoms with Gasteiger partial charge in [0.2, 0.25) is 0 Å². The van der Waals surface area contributed by atoms with E-state index in [0.717, 1.165) is 40.1 Å². The molecule has 3 rings (SSSR count). The predicted molar refractivity (Wildman–Crippen MR) is 123 cm³/mol. The molecule has 0 N–H and O–H groups in total. The van der Waals surface area contributed by atoms with Crippen LogP contribution < -0.4 is 4.74 Å². The summed E-state index contributed by atoms with van der Waals surface area (Å²) in [6.07, 6.45) is 7.52. The number of benzene rings is 2. The summed E-state index contributed by atoms with van der Waals surface area (Å²) >= 11 is 0. The summed E-state index contributed by atoms with van der Waals surface area (Å²) in [4.78, 5) is 15.2. The molecule has 4 heteroatoms. The Hall–Kier alpha value is -2.10. The molecule has 1 aliphatic heterocycles. The van der Waals surface area contributed by atoms with Crippen molar-refractivity contribution in [3.8, 4) is 5.75 Å². The maximum absolute atomic E-state index is 12.8. The average Bonchev–Trinajstić information content (AvgIpc) is 2.68. The van der Waals surface area contributed by atoms with Crippen LogP contribution in [0, 0.1) is 20.8 Å². The topological polar surface area (TPSA) is 29.5 Å². The summed E-state index contributed by atoms with van der Waals surface area (Å²) in [5.74, 6) is 0.893. The first-order chi connectivity index (χ1) is 13.5. The summed E-state index contributed by atoms with van der Waals surface area (Å²) < 4.78 is 5.98. The first-order valence-corrected chi connectivity index (χ1v) is 10.3. The van der Waals surface area contributed by atoms with Crippen molar-refractivity contribution >= 4 is 24.3 Å². The molecule has 0 bridgehead atoms. The van der Waals surface area contributed by atoms with Gasteiger partial charge in [-0.2, -0.15) is 0 Å². The van der Waals surface area contributed by atoms with Gasteiger partial charge in [0.1, 0.15) is 12.4 Å². The van der Waals surface area contributed by atoms with Crippen molar-refractivity contribution in [2.75, 3.05) is 26.2 Å². The molecule has 2 aromatic rings. The number of carbonyl (C=O) groups is 1. The summed E-state index contributed by atoms with van der Waals surface area (Å²) in [6.45, 7) is 10.1. The predicted octanol–water partition coefficient (Wildman–Crippen LogP) is 5.79. The van der Waals surface area contributed by atoms with Crippen LogP contribution in [-0.4, -0.2) is 36.9 Å². The zero-order chi connectivity index (χ0) is 19.9. The molecule has 0 saturated carbocycles. The number of aryl methyl sites for hydroxylation is 3.